The van der Waals surface area contributed by atoms with E-state index < -0.39 is 42.2 Å². The highest BCUT2D eigenvalue weighted by molar-refractivity contribution is 5.86. The van der Waals surface area contributed by atoms with E-state index >= 15 is 0 Å². The summed E-state index contributed by atoms with van der Waals surface area (Å²) in [5.41, 5.74) is 0.0844. The molecule has 1 aliphatic heterocycles. The molecular weight excluding hydrogens is 478 g/mol. The molecule has 2 aromatic rings. The fourth-order valence-electron chi connectivity index (χ4n) is 4.79. The second kappa shape index (κ2) is 13.2. The Morgan fingerprint density at radius 2 is 1.49 bits per heavy atom. The topological polar surface area (TPSA) is 93.7 Å². The Bertz CT molecular complexity index is 970. The second-order valence-corrected chi connectivity index (χ2v) is 9.16. The number of carbonyl (C=O) groups excluding carboxylic acids is 1. The molecule has 0 amide bonds. The van der Waals surface area contributed by atoms with Crippen molar-refractivity contribution in [2.45, 2.75) is 62.6 Å². The molecule has 0 aromatic heterocycles. The molecule has 9 nitrogen and oxygen atoms in total. The Hall–Kier alpha value is -2.69. The van der Waals surface area contributed by atoms with Crippen LogP contribution in [0.25, 0.3) is 0 Å². The van der Waals surface area contributed by atoms with Gasteiger partial charge in [0.05, 0.1) is 19.3 Å². The van der Waals surface area contributed by atoms with Gasteiger partial charge in [-0.3, -0.25) is 0 Å². The van der Waals surface area contributed by atoms with Gasteiger partial charge in [-0.15, -0.1) is 0 Å². The Labute approximate surface area is 219 Å². The van der Waals surface area contributed by atoms with Crippen molar-refractivity contribution < 1.29 is 38.0 Å². The van der Waals surface area contributed by atoms with Gasteiger partial charge < -0.3 is 38.5 Å². The van der Waals surface area contributed by atoms with Gasteiger partial charge in [-0.2, -0.15) is 0 Å². The van der Waals surface area contributed by atoms with E-state index in [9.17, 15) is 4.79 Å². The summed E-state index contributed by atoms with van der Waals surface area (Å²) in [5.74, 6) is 0.256. The summed E-state index contributed by atoms with van der Waals surface area (Å²) < 4.78 is 40.4. The molecule has 1 saturated heterocycles. The SMILES string of the molecule is COc1ccc(N[C@](C[C@H]2O[C@H](OC)[C@H](OC)[C@@H](OC)[C@@H]2OC)(C(=O)OC(C)C)c2ccccc2)cc1. The zero-order chi connectivity index (χ0) is 27.0. The van der Waals surface area contributed by atoms with Crippen molar-refractivity contribution in [3.8, 4) is 5.75 Å². The molecule has 37 heavy (non-hydrogen) atoms. The Kier molecular flexibility index (Phi) is 10.3. The van der Waals surface area contributed by atoms with Crippen LogP contribution in [0.2, 0.25) is 0 Å². The van der Waals surface area contributed by atoms with Gasteiger partial charge >= 0.3 is 5.97 Å². The van der Waals surface area contributed by atoms with Crippen molar-refractivity contribution in [3.63, 3.8) is 0 Å². The Morgan fingerprint density at radius 3 is 2.00 bits per heavy atom. The average Bonchev–Trinajstić information content (AvgIpc) is 2.92. The van der Waals surface area contributed by atoms with E-state index in [-0.39, 0.29) is 12.5 Å². The lowest BCUT2D eigenvalue weighted by atomic mass is 9.80. The number of hydrogen-bond acceptors (Lipinski definition) is 9. The molecule has 1 fully saturated rings. The third-order valence-electron chi connectivity index (χ3n) is 6.55. The first kappa shape index (κ1) is 28.9. The molecule has 1 aliphatic rings. The Balaban J connectivity index is 2.13. The third kappa shape index (κ3) is 6.42. The van der Waals surface area contributed by atoms with Crippen LogP contribution in [0.5, 0.6) is 5.75 Å². The maximum Gasteiger partial charge on any atom is 0.336 e. The van der Waals surface area contributed by atoms with E-state index in [1.807, 2.05) is 68.4 Å². The molecule has 1 heterocycles. The number of nitrogens with one attached hydrogen (secondary N) is 1. The van der Waals surface area contributed by atoms with Gasteiger partial charge in [0.1, 0.15) is 24.1 Å². The normalized spacial score (nSPS) is 25.4. The quantitative estimate of drug-likeness (QED) is 0.422. The maximum absolute atomic E-state index is 14.0. The molecule has 0 saturated carbocycles. The molecule has 0 aliphatic carbocycles. The van der Waals surface area contributed by atoms with Gasteiger partial charge in [0.25, 0.3) is 0 Å². The number of methoxy groups -OCH3 is 5. The van der Waals surface area contributed by atoms with Crippen LogP contribution >= 0.6 is 0 Å². The van der Waals surface area contributed by atoms with Crippen LogP contribution in [0, 0.1) is 0 Å². The molecule has 3 rings (SSSR count). The van der Waals surface area contributed by atoms with E-state index in [0.29, 0.717) is 17.0 Å². The average molecular weight is 518 g/mol. The van der Waals surface area contributed by atoms with Crippen molar-refractivity contribution >= 4 is 11.7 Å². The minimum Gasteiger partial charge on any atom is -0.497 e. The summed E-state index contributed by atoms with van der Waals surface area (Å²) in [5, 5.41) is 3.47. The summed E-state index contributed by atoms with van der Waals surface area (Å²) in [4.78, 5) is 14.0. The first-order chi connectivity index (χ1) is 17.8. The van der Waals surface area contributed by atoms with E-state index in [0.717, 1.165) is 0 Å². The van der Waals surface area contributed by atoms with Crippen LogP contribution in [0.3, 0.4) is 0 Å². The molecule has 9 heteroatoms. The maximum atomic E-state index is 14.0. The van der Waals surface area contributed by atoms with E-state index in [4.69, 9.17) is 33.2 Å². The van der Waals surface area contributed by atoms with E-state index in [1.54, 1.807) is 35.5 Å². The summed E-state index contributed by atoms with van der Waals surface area (Å²) in [6.07, 6.45) is -3.14. The predicted molar refractivity (Wildman–Crippen MR) is 139 cm³/mol. The number of esters is 1. The van der Waals surface area contributed by atoms with Gasteiger partial charge in [-0.1, -0.05) is 30.3 Å². The highest BCUT2D eigenvalue weighted by Crippen LogP contribution is 2.39. The fourth-order valence-corrected chi connectivity index (χ4v) is 4.79. The van der Waals surface area contributed by atoms with Crippen molar-refractivity contribution in [1.82, 2.24) is 0 Å². The van der Waals surface area contributed by atoms with Crippen molar-refractivity contribution in [2.24, 2.45) is 0 Å². The lowest BCUT2D eigenvalue weighted by Gasteiger charge is -2.47. The third-order valence-corrected chi connectivity index (χ3v) is 6.55. The number of ether oxygens (including phenoxy) is 7. The molecular formula is C28H39NO8. The molecule has 6 atom stereocenters. The second-order valence-electron chi connectivity index (χ2n) is 9.16. The minimum atomic E-state index is -1.34. The molecule has 1 N–H and O–H groups in total. The van der Waals surface area contributed by atoms with E-state index in [1.165, 1.54) is 0 Å². The molecule has 2 aromatic carbocycles. The van der Waals surface area contributed by atoms with Gasteiger partial charge in [0.2, 0.25) is 0 Å². The summed E-state index contributed by atoms with van der Waals surface area (Å²) >= 11 is 0. The van der Waals surface area contributed by atoms with Crippen LogP contribution in [-0.2, 0) is 38.8 Å². The van der Waals surface area contributed by atoms with Gasteiger partial charge in [0.15, 0.2) is 11.8 Å². The standard InChI is InChI=1S/C28H39NO8/c1-18(2)36-27(30)28(19-11-9-8-10-12-19,29-20-13-15-21(31-3)16-14-20)17-22-23(32-4)24(33-5)25(34-6)26(35-7)37-22/h8-16,18,22-26,29H,17H2,1-7H3/t22-,23-,24+,25-,26+,28+/m1/s1. The van der Waals surface area contributed by atoms with Crippen LogP contribution in [0.4, 0.5) is 5.69 Å². The number of anilines is 1. The molecule has 204 valence electrons. The molecule has 0 unspecified atom stereocenters. The monoisotopic (exact) mass is 517 g/mol. The molecule has 0 spiro atoms. The van der Waals surface area contributed by atoms with Crippen molar-refractivity contribution in [1.29, 1.82) is 0 Å². The molecule has 0 bridgehead atoms. The first-order valence-electron chi connectivity index (χ1n) is 12.3. The van der Waals surface area contributed by atoms with E-state index in [2.05, 4.69) is 5.32 Å². The lowest BCUT2D eigenvalue weighted by Crippen LogP contribution is -2.62. The first-order valence-corrected chi connectivity index (χ1v) is 12.3. The predicted octanol–water partition coefficient (Wildman–Crippen LogP) is 3.76. The summed E-state index contributed by atoms with van der Waals surface area (Å²) in [7, 11) is 7.89. The number of benzene rings is 2. The molecule has 0 radical (unpaired) electrons. The zero-order valence-electron chi connectivity index (χ0n) is 22.6. The number of carbonyl (C=O) groups is 1. The van der Waals surface area contributed by atoms with Crippen molar-refractivity contribution in [3.05, 3.63) is 60.2 Å². The highest BCUT2D eigenvalue weighted by atomic mass is 16.7. The number of rotatable bonds is 12. The smallest absolute Gasteiger partial charge is 0.336 e. The van der Waals surface area contributed by atoms with Crippen LogP contribution in [0.1, 0.15) is 25.8 Å². The van der Waals surface area contributed by atoms with Gasteiger partial charge in [-0.25, -0.2) is 4.79 Å². The largest absolute Gasteiger partial charge is 0.497 e. The summed E-state index contributed by atoms with van der Waals surface area (Å²) in [6.45, 7) is 3.64. The van der Waals surface area contributed by atoms with Gasteiger partial charge in [0, 0.05) is 40.5 Å². The van der Waals surface area contributed by atoms with Crippen LogP contribution in [-0.4, -0.2) is 78.3 Å². The highest BCUT2D eigenvalue weighted by Gasteiger charge is 2.53. The van der Waals surface area contributed by atoms with Crippen molar-refractivity contribution in [2.75, 3.05) is 40.9 Å². The minimum absolute atomic E-state index is 0.156. The lowest BCUT2D eigenvalue weighted by molar-refractivity contribution is -0.304. The Morgan fingerprint density at radius 1 is 0.865 bits per heavy atom. The number of hydrogen-bond donors (Lipinski definition) is 1. The van der Waals surface area contributed by atoms with Gasteiger partial charge in [-0.05, 0) is 43.7 Å². The van der Waals surface area contributed by atoms with Crippen LogP contribution < -0.4 is 10.1 Å². The van der Waals surface area contributed by atoms with Crippen LogP contribution in [0.15, 0.2) is 54.6 Å². The summed E-state index contributed by atoms with van der Waals surface area (Å²) in [6, 6.07) is 16.8. The zero-order valence-corrected chi connectivity index (χ0v) is 22.6. The fraction of sp³-hybridized carbons (Fsp3) is 0.536.